The van der Waals surface area contributed by atoms with E-state index in [-0.39, 0.29) is 5.91 Å². The molecule has 0 aliphatic carbocycles. The van der Waals surface area contributed by atoms with Gasteiger partial charge >= 0.3 is 0 Å². The number of aliphatic hydroxyl groups is 1. The van der Waals surface area contributed by atoms with Gasteiger partial charge in [-0.2, -0.15) is 0 Å². The van der Waals surface area contributed by atoms with E-state index in [4.69, 9.17) is 0 Å². The second-order valence-electron chi connectivity index (χ2n) is 7.37. The maximum absolute atomic E-state index is 12.3. The molecule has 1 aromatic rings. The molecule has 0 atom stereocenters. The maximum atomic E-state index is 12.3. The SMILES string of the molecule is CC(C)C1CN(Cc2cccc(C(=O)N3CC(C)(O)C3)n2)C1. The normalized spacial score (nSPS) is 21.6. The van der Waals surface area contributed by atoms with Crippen molar-refractivity contribution in [3.8, 4) is 0 Å². The predicted molar refractivity (Wildman–Crippen MR) is 84.4 cm³/mol. The van der Waals surface area contributed by atoms with Crippen molar-refractivity contribution in [2.75, 3.05) is 26.2 Å². The molecule has 22 heavy (non-hydrogen) atoms. The van der Waals surface area contributed by atoms with E-state index in [1.807, 2.05) is 12.1 Å². The van der Waals surface area contributed by atoms with Crippen LogP contribution in [0.1, 0.15) is 37.0 Å². The van der Waals surface area contributed by atoms with Crippen LogP contribution in [0.2, 0.25) is 0 Å². The predicted octanol–water partition coefficient (Wildman–Crippen LogP) is 1.38. The van der Waals surface area contributed by atoms with Crippen LogP contribution in [0.4, 0.5) is 0 Å². The summed E-state index contributed by atoms with van der Waals surface area (Å²) in [6, 6.07) is 5.63. The van der Waals surface area contributed by atoms with Crippen molar-refractivity contribution in [2.24, 2.45) is 11.8 Å². The van der Waals surface area contributed by atoms with Crippen LogP contribution in [-0.2, 0) is 6.54 Å². The molecule has 0 saturated carbocycles. The molecular formula is C17H25N3O2. The van der Waals surface area contributed by atoms with Gasteiger partial charge in [-0.1, -0.05) is 19.9 Å². The molecule has 0 spiro atoms. The van der Waals surface area contributed by atoms with E-state index in [1.54, 1.807) is 17.9 Å². The van der Waals surface area contributed by atoms with Crippen LogP contribution in [0, 0.1) is 11.8 Å². The first-order chi connectivity index (χ1) is 10.3. The first-order valence-corrected chi connectivity index (χ1v) is 8.04. The number of carbonyl (C=O) groups is 1. The molecular weight excluding hydrogens is 278 g/mol. The second-order valence-corrected chi connectivity index (χ2v) is 7.37. The van der Waals surface area contributed by atoms with Crippen molar-refractivity contribution in [1.82, 2.24) is 14.8 Å². The zero-order chi connectivity index (χ0) is 15.9. The minimum absolute atomic E-state index is 0.0861. The van der Waals surface area contributed by atoms with Gasteiger partial charge in [0.15, 0.2) is 0 Å². The van der Waals surface area contributed by atoms with E-state index < -0.39 is 5.60 Å². The Balaban J connectivity index is 1.58. The van der Waals surface area contributed by atoms with Gasteiger partial charge in [0.25, 0.3) is 5.91 Å². The van der Waals surface area contributed by atoms with Gasteiger partial charge in [-0.3, -0.25) is 9.69 Å². The average Bonchev–Trinajstić information content (AvgIpc) is 2.38. The number of aromatic nitrogens is 1. The third kappa shape index (κ3) is 3.15. The van der Waals surface area contributed by atoms with Gasteiger partial charge in [-0.25, -0.2) is 4.98 Å². The summed E-state index contributed by atoms with van der Waals surface area (Å²) in [5, 5.41) is 9.74. The number of pyridine rings is 1. The largest absolute Gasteiger partial charge is 0.386 e. The van der Waals surface area contributed by atoms with E-state index >= 15 is 0 Å². The molecule has 0 aromatic carbocycles. The number of likely N-dealkylation sites (tertiary alicyclic amines) is 2. The van der Waals surface area contributed by atoms with Gasteiger partial charge in [0.1, 0.15) is 5.69 Å². The standard InChI is InChI=1S/C17H25N3O2/c1-12(2)13-7-19(8-13)9-14-5-4-6-15(18-14)16(21)20-10-17(3,22)11-20/h4-6,12-13,22H,7-11H2,1-3H3. The van der Waals surface area contributed by atoms with E-state index in [2.05, 4.69) is 23.7 Å². The highest BCUT2D eigenvalue weighted by Crippen LogP contribution is 2.25. The Hall–Kier alpha value is -1.46. The Morgan fingerprint density at radius 2 is 2.09 bits per heavy atom. The second kappa shape index (κ2) is 5.63. The minimum atomic E-state index is -0.739. The Labute approximate surface area is 131 Å². The number of nitrogens with zero attached hydrogens (tertiary/aromatic N) is 3. The zero-order valence-corrected chi connectivity index (χ0v) is 13.6. The van der Waals surface area contributed by atoms with Crippen molar-refractivity contribution in [3.63, 3.8) is 0 Å². The third-order valence-corrected chi connectivity index (χ3v) is 4.69. The summed E-state index contributed by atoms with van der Waals surface area (Å²) < 4.78 is 0. The Morgan fingerprint density at radius 1 is 1.41 bits per heavy atom. The highest BCUT2D eigenvalue weighted by atomic mass is 16.3. The monoisotopic (exact) mass is 303 g/mol. The maximum Gasteiger partial charge on any atom is 0.272 e. The minimum Gasteiger partial charge on any atom is -0.386 e. The van der Waals surface area contributed by atoms with Crippen LogP contribution in [0.15, 0.2) is 18.2 Å². The quantitative estimate of drug-likeness (QED) is 0.913. The highest BCUT2D eigenvalue weighted by molar-refractivity contribution is 5.93. The molecule has 3 rings (SSSR count). The molecule has 5 nitrogen and oxygen atoms in total. The molecule has 0 bridgehead atoms. The van der Waals surface area contributed by atoms with E-state index in [0.29, 0.717) is 18.8 Å². The third-order valence-electron chi connectivity index (χ3n) is 4.69. The van der Waals surface area contributed by atoms with Crippen LogP contribution in [0.25, 0.3) is 0 Å². The van der Waals surface area contributed by atoms with E-state index in [1.165, 1.54) is 0 Å². The first-order valence-electron chi connectivity index (χ1n) is 8.04. The Kier molecular flexibility index (Phi) is 3.95. The summed E-state index contributed by atoms with van der Waals surface area (Å²) in [4.78, 5) is 20.8. The summed E-state index contributed by atoms with van der Waals surface area (Å²) in [7, 11) is 0. The first kappa shape index (κ1) is 15.4. The summed E-state index contributed by atoms with van der Waals surface area (Å²) in [6.45, 7) is 10.1. The lowest BCUT2D eigenvalue weighted by Gasteiger charge is -2.44. The number of β-amino-alcohol motifs (C(OH)–C–C–N with tert-alkyl or cyclic N) is 1. The lowest BCUT2D eigenvalue weighted by atomic mass is 9.88. The molecule has 1 aromatic heterocycles. The highest BCUT2D eigenvalue weighted by Gasteiger charge is 2.40. The van der Waals surface area contributed by atoms with Gasteiger partial charge in [0.2, 0.25) is 0 Å². The molecule has 1 amide bonds. The van der Waals surface area contributed by atoms with Crippen molar-refractivity contribution in [1.29, 1.82) is 0 Å². The summed E-state index contributed by atoms with van der Waals surface area (Å²) in [6.07, 6.45) is 0. The Morgan fingerprint density at radius 3 is 2.68 bits per heavy atom. The fraction of sp³-hybridized carbons (Fsp3) is 0.647. The smallest absolute Gasteiger partial charge is 0.272 e. The van der Waals surface area contributed by atoms with Crippen molar-refractivity contribution < 1.29 is 9.90 Å². The fourth-order valence-electron chi connectivity index (χ4n) is 3.16. The molecule has 3 heterocycles. The lowest BCUT2D eigenvalue weighted by molar-refractivity contribution is -0.0670. The van der Waals surface area contributed by atoms with Gasteiger partial charge in [-0.05, 0) is 30.9 Å². The summed E-state index contributed by atoms with van der Waals surface area (Å²) >= 11 is 0. The van der Waals surface area contributed by atoms with Crippen molar-refractivity contribution in [3.05, 3.63) is 29.6 Å². The molecule has 120 valence electrons. The molecule has 2 saturated heterocycles. The van der Waals surface area contributed by atoms with Gasteiger partial charge in [0, 0.05) is 19.6 Å². The molecule has 2 aliphatic rings. The van der Waals surface area contributed by atoms with Crippen molar-refractivity contribution >= 4 is 5.91 Å². The summed E-state index contributed by atoms with van der Waals surface area (Å²) in [5.74, 6) is 1.43. The van der Waals surface area contributed by atoms with Crippen LogP contribution in [0.3, 0.4) is 0 Å². The van der Waals surface area contributed by atoms with Gasteiger partial charge < -0.3 is 10.0 Å². The molecule has 0 radical (unpaired) electrons. The summed E-state index contributed by atoms with van der Waals surface area (Å²) in [5.41, 5.74) is 0.686. The topological polar surface area (TPSA) is 56.7 Å². The van der Waals surface area contributed by atoms with Crippen LogP contribution in [0.5, 0.6) is 0 Å². The molecule has 5 heteroatoms. The fourth-order valence-corrected chi connectivity index (χ4v) is 3.16. The molecule has 0 unspecified atom stereocenters. The van der Waals surface area contributed by atoms with Crippen LogP contribution in [-0.4, -0.2) is 57.6 Å². The van der Waals surface area contributed by atoms with Crippen LogP contribution >= 0.6 is 0 Å². The number of carbonyl (C=O) groups excluding carboxylic acids is 1. The number of hydrogen-bond acceptors (Lipinski definition) is 4. The van der Waals surface area contributed by atoms with Gasteiger partial charge in [0.05, 0.1) is 24.4 Å². The number of amides is 1. The molecule has 2 fully saturated rings. The number of rotatable bonds is 4. The zero-order valence-electron chi connectivity index (χ0n) is 13.6. The van der Waals surface area contributed by atoms with E-state index in [9.17, 15) is 9.90 Å². The Bertz CT molecular complexity index is 557. The number of hydrogen-bond donors (Lipinski definition) is 1. The van der Waals surface area contributed by atoms with Crippen LogP contribution < -0.4 is 0 Å². The van der Waals surface area contributed by atoms with E-state index in [0.717, 1.165) is 37.2 Å². The van der Waals surface area contributed by atoms with Crippen molar-refractivity contribution in [2.45, 2.75) is 32.9 Å². The van der Waals surface area contributed by atoms with Gasteiger partial charge in [-0.15, -0.1) is 0 Å². The lowest BCUT2D eigenvalue weighted by Crippen LogP contribution is -2.61. The average molecular weight is 303 g/mol. The molecule has 2 aliphatic heterocycles. The molecule has 1 N–H and O–H groups in total.